The molecule has 4 nitrogen and oxygen atoms in total. The van der Waals surface area contributed by atoms with Crippen LogP contribution in [-0.4, -0.2) is 20.9 Å². The first kappa shape index (κ1) is 9.33. The summed E-state index contributed by atoms with van der Waals surface area (Å²) in [5.41, 5.74) is 1.98. The van der Waals surface area contributed by atoms with Crippen molar-refractivity contribution in [3.05, 3.63) is 60.2 Å². The summed E-state index contributed by atoms with van der Waals surface area (Å²) in [5.74, 6) is 0. The fourth-order valence-corrected chi connectivity index (χ4v) is 1.30. The van der Waals surface area contributed by atoms with Crippen molar-refractivity contribution in [1.29, 1.82) is 0 Å². The van der Waals surface area contributed by atoms with E-state index in [4.69, 9.17) is 5.21 Å². The number of benzene rings is 1. The standard InChI is InChI=1S/C11H9N3O/c15-14-11(9-4-2-1-3-5-9)10-6-12-8-13-7-10/h1-8,15H. The van der Waals surface area contributed by atoms with Gasteiger partial charge >= 0.3 is 0 Å². The van der Waals surface area contributed by atoms with Gasteiger partial charge < -0.3 is 5.21 Å². The van der Waals surface area contributed by atoms with Gasteiger partial charge in [-0.2, -0.15) is 0 Å². The largest absolute Gasteiger partial charge is 0.410 e. The van der Waals surface area contributed by atoms with Crippen molar-refractivity contribution in [1.82, 2.24) is 9.97 Å². The van der Waals surface area contributed by atoms with Crippen LogP contribution in [0.25, 0.3) is 0 Å². The van der Waals surface area contributed by atoms with Crippen LogP contribution in [0.2, 0.25) is 0 Å². The average molecular weight is 199 g/mol. The first-order chi connectivity index (χ1) is 7.42. The maximum atomic E-state index is 8.97. The van der Waals surface area contributed by atoms with Gasteiger partial charge in [0.15, 0.2) is 0 Å². The molecule has 0 atom stereocenters. The lowest BCUT2D eigenvalue weighted by Crippen LogP contribution is -2.03. The van der Waals surface area contributed by atoms with Crippen LogP contribution in [0, 0.1) is 0 Å². The predicted octanol–water partition coefficient (Wildman–Crippen LogP) is 1.70. The lowest BCUT2D eigenvalue weighted by molar-refractivity contribution is 0.319. The molecule has 0 fully saturated rings. The fraction of sp³-hybridized carbons (Fsp3) is 0. The van der Waals surface area contributed by atoms with Crippen LogP contribution in [-0.2, 0) is 0 Å². The zero-order chi connectivity index (χ0) is 10.5. The van der Waals surface area contributed by atoms with E-state index in [0.29, 0.717) is 11.3 Å². The highest BCUT2D eigenvalue weighted by Gasteiger charge is 2.06. The zero-order valence-corrected chi connectivity index (χ0v) is 7.91. The smallest absolute Gasteiger partial charge is 0.120 e. The second-order valence-electron chi connectivity index (χ2n) is 2.94. The van der Waals surface area contributed by atoms with Gasteiger partial charge in [0.05, 0.1) is 0 Å². The first-order valence-corrected chi connectivity index (χ1v) is 4.44. The van der Waals surface area contributed by atoms with E-state index in [1.807, 2.05) is 30.3 Å². The maximum absolute atomic E-state index is 8.97. The molecule has 0 aliphatic carbocycles. The molecule has 2 rings (SSSR count). The molecule has 4 heteroatoms. The van der Waals surface area contributed by atoms with E-state index in [1.54, 1.807) is 12.4 Å². The van der Waals surface area contributed by atoms with E-state index in [9.17, 15) is 0 Å². The van der Waals surface area contributed by atoms with Crippen molar-refractivity contribution >= 4 is 5.71 Å². The number of hydrogen-bond donors (Lipinski definition) is 1. The Labute approximate surface area is 86.9 Å². The Hall–Kier alpha value is -2.23. The Morgan fingerprint density at radius 1 is 1.00 bits per heavy atom. The summed E-state index contributed by atoms with van der Waals surface area (Å²) in [7, 11) is 0. The van der Waals surface area contributed by atoms with Crippen molar-refractivity contribution in [2.45, 2.75) is 0 Å². The van der Waals surface area contributed by atoms with Gasteiger partial charge in [-0.3, -0.25) is 0 Å². The quantitative estimate of drug-likeness (QED) is 0.455. The Morgan fingerprint density at radius 2 is 1.67 bits per heavy atom. The SMILES string of the molecule is ON=C(c1ccccc1)c1cncnc1. The number of nitrogens with zero attached hydrogens (tertiary/aromatic N) is 3. The second-order valence-corrected chi connectivity index (χ2v) is 2.94. The van der Waals surface area contributed by atoms with Gasteiger partial charge in [0.1, 0.15) is 12.0 Å². The van der Waals surface area contributed by atoms with Gasteiger partial charge in [0, 0.05) is 23.5 Å². The van der Waals surface area contributed by atoms with Gasteiger partial charge in [-0.25, -0.2) is 9.97 Å². The fourth-order valence-electron chi connectivity index (χ4n) is 1.30. The van der Waals surface area contributed by atoms with Crippen LogP contribution in [0.15, 0.2) is 54.2 Å². The molecule has 0 saturated carbocycles. The van der Waals surface area contributed by atoms with E-state index < -0.39 is 0 Å². The molecule has 0 radical (unpaired) electrons. The van der Waals surface area contributed by atoms with Crippen molar-refractivity contribution in [2.75, 3.05) is 0 Å². The Kier molecular flexibility index (Phi) is 2.69. The van der Waals surface area contributed by atoms with E-state index in [0.717, 1.165) is 5.56 Å². The molecular formula is C11H9N3O. The summed E-state index contributed by atoms with van der Waals surface area (Å²) in [6, 6.07) is 9.39. The third-order valence-corrected chi connectivity index (χ3v) is 1.98. The van der Waals surface area contributed by atoms with Gasteiger partial charge in [-0.15, -0.1) is 0 Å². The van der Waals surface area contributed by atoms with E-state index >= 15 is 0 Å². The lowest BCUT2D eigenvalue weighted by atomic mass is 10.1. The van der Waals surface area contributed by atoms with Crippen LogP contribution in [0.4, 0.5) is 0 Å². The van der Waals surface area contributed by atoms with Crippen molar-refractivity contribution in [2.24, 2.45) is 5.16 Å². The van der Waals surface area contributed by atoms with Crippen LogP contribution in [0.1, 0.15) is 11.1 Å². The molecule has 1 aromatic heterocycles. The normalized spacial score (nSPS) is 11.3. The Balaban J connectivity index is 2.44. The molecular weight excluding hydrogens is 190 g/mol. The Morgan fingerprint density at radius 3 is 2.27 bits per heavy atom. The molecule has 0 amide bonds. The highest BCUT2D eigenvalue weighted by atomic mass is 16.4. The van der Waals surface area contributed by atoms with Gasteiger partial charge in [-0.05, 0) is 0 Å². The molecule has 0 saturated heterocycles. The highest BCUT2D eigenvalue weighted by molar-refractivity contribution is 6.12. The molecule has 0 unspecified atom stereocenters. The van der Waals surface area contributed by atoms with Crippen LogP contribution in [0.3, 0.4) is 0 Å². The number of aromatic nitrogens is 2. The Bertz CT molecular complexity index is 412. The molecule has 2 aromatic rings. The molecule has 0 bridgehead atoms. The zero-order valence-electron chi connectivity index (χ0n) is 7.91. The van der Waals surface area contributed by atoms with Crippen molar-refractivity contribution < 1.29 is 5.21 Å². The third-order valence-electron chi connectivity index (χ3n) is 1.98. The van der Waals surface area contributed by atoms with E-state index in [2.05, 4.69) is 15.1 Å². The topological polar surface area (TPSA) is 58.4 Å². The average Bonchev–Trinajstić information content (AvgIpc) is 2.33. The molecule has 0 aliphatic heterocycles. The molecule has 1 N–H and O–H groups in total. The second kappa shape index (κ2) is 4.32. The lowest BCUT2D eigenvalue weighted by Gasteiger charge is -2.02. The summed E-state index contributed by atoms with van der Waals surface area (Å²) < 4.78 is 0. The summed E-state index contributed by atoms with van der Waals surface area (Å²) in [6.45, 7) is 0. The molecule has 74 valence electrons. The van der Waals surface area contributed by atoms with E-state index in [-0.39, 0.29) is 0 Å². The van der Waals surface area contributed by atoms with Gasteiger partial charge in [0.2, 0.25) is 0 Å². The summed E-state index contributed by atoms with van der Waals surface area (Å²) in [5, 5.41) is 12.2. The minimum Gasteiger partial charge on any atom is -0.410 e. The van der Waals surface area contributed by atoms with E-state index in [1.165, 1.54) is 6.33 Å². The molecule has 1 aromatic carbocycles. The first-order valence-electron chi connectivity index (χ1n) is 4.44. The number of hydrogen-bond acceptors (Lipinski definition) is 4. The summed E-state index contributed by atoms with van der Waals surface area (Å²) in [4.78, 5) is 7.75. The predicted molar refractivity (Wildman–Crippen MR) is 55.9 cm³/mol. The minimum atomic E-state index is 0.469. The molecule has 1 heterocycles. The molecule has 15 heavy (non-hydrogen) atoms. The maximum Gasteiger partial charge on any atom is 0.120 e. The van der Waals surface area contributed by atoms with Crippen LogP contribution in [0.5, 0.6) is 0 Å². The summed E-state index contributed by atoms with van der Waals surface area (Å²) in [6.07, 6.45) is 4.65. The van der Waals surface area contributed by atoms with Crippen LogP contribution < -0.4 is 0 Å². The summed E-state index contributed by atoms with van der Waals surface area (Å²) >= 11 is 0. The monoisotopic (exact) mass is 199 g/mol. The van der Waals surface area contributed by atoms with Gasteiger partial charge in [-0.1, -0.05) is 35.5 Å². The molecule has 0 spiro atoms. The number of rotatable bonds is 2. The highest BCUT2D eigenvalue weighted by Crippen LogP contribution is 2.08. The molecule has 0 aliphatic rings. The van der Waals surface area contributed by atoms with Crippen LogP contribution >= 0.6 is 0 Å². The minimum absolute atomic E-state index is 0.469. The van der Waals surface area contributed by atoms with Crippen molar-refractivity contribution in [3.8, 4) is 0 Å². The van der Waals surface area contributed by atoms with Crippen molar-refractivity contribution in [3.63, 3.8) is 0 Å². The number of oxime groups is 1. The van der Waals surface area contributed by atoms with Gasteiger partial charge in [0.25, 0.3) is 0 Å². The third kappa shape index (κ3) is 1.99.